The Labute approximate surface area is 119 Å². The van der Waals surface area contributed by atoms with Gasteiger partial charge in [-0.25, -0.2) is 0 Å². The van der Waals surface area contributed by atoms with Gasteiger partial charge in [-0.2, -0.15) is 11.3 Å². The molecule has 100 valence electrons. The van der Waals surface area contributed by atoms with Crippen LogP contribution in [0.5, 0.6) is 0 Å². The summed E-state index contributed by atoms with van der Waals surface area (Å²) < 4.78 is 0. The summed E-state index contributed by atoms with van der Waals surface area (Å²) in [4.78, 5) is 0. The minimum atomic E-state index is 0.595. The van der Waals surface area contributed by atoms with Gasteiger partial charge in [-0.1, -0.05) is 37.6 Å². The van der Waals surface area contributed by atoms with Crippen LogP contribution in [0.1, 0.15) is 37.7 Å². The highest BCUT2D eigenvalue weighted by molar-refractivity contribution is 7.08. The molecule has 2 aromatic rings. The molecule has 1 heterocycles. The molecule has 0 radical (unpaired) electrons. The molecule has 1 aromatic heterocycles. The van der Waals surface area contributed by atoms with Gasteiger partial charge in [-0.15, -0.1) is 0 Å². The third kappa shape index (κ3) is 3.07. The predicted molar refractivity (Wildman–Crippen MR) is 83.8 cm³/mol. The number of hydrogen-bond acceptors (Lipinski definition) is 2. The van der Waals surface area contributed by atoms with Crippen molar-refractivity contribution >= 4 is 11.3 Å². The second kappa shape index (κ2) is 5.89. The molecule has 0 saturated heterocycles. The van der Waals surface area contributed by atoms with Crippen molar-refractivity contribution in [2.75, 3.05) is 6.54 Å². The standard InChI is InChI=1S/C17H21NS/c1-13(11-18-17-3-2-4-17)14-5-7-15(8-6-14)16-9-10-19-12-16/h5-10,12-13,17-18H,2-4,11H2,1H3. The normalized spacial score (nSPS) is 17.1. The van der Waals surface area contributed by atoms with Crippen LogP contribution in [0.2, 0.25) is 0 Å². The Hall–Kier alpha value is -1.12. The Kier molecular flexibility index (Phi) is 4.00. The quantitative estimate of drug-likeness (QED) is 0.834. The number of rotatable bonds is 5. The molecule has 1 fully saturated rings. The van der Waals surface area contributed by atoms with Crippen molar-refractivity contribution in [3.63, 3.8) is 0 Å². The van der Waals surface area contributed by atoms with Crippen molar-refractivity contribution < 1.29 is 0 Å². The number of hydrogen-bond donors (Lipinski definition) is 1. The SMILES string of the molecule is CC(CNC1CCC1)c1ccc(-c2ccsc2)cc1. The molecule has 0 amide bonds. The summed E-state index contributed by atoms with van der Waals surface area (Å²) in [6, 6.07) is 12.0. The summed E-state index contributed by atoms with van der Waals surface area (Å²) in [6.45, 7) is 3.41. The lowest BCUT2D eigenvalue weighted by Crippen LogP contribution is -2.37. The average molecular weight is 271 g/mol. The van der Waals surface area contributed by atoms with E-state index in [0.29, 0.717) is 5.92 Å². The molecular formula is C17H21NS. The van der Waals surface area contributed by atoms with Gasteiger partial charge >= 0.3 is 0 Å². The van der Waals surface area contributed by atoms with Crippen molar-refractivity contribution in [3.8, 4) is 11.1 Å². The van der Waals surface area contributed by atoms with Gasteiger partial charge in [0.25, 0.3) is 0 Å². The second-order valence-corrected chi connectivity index (χ2v) is 6.35. The Balaban J connectivity index is 1.61. The molecule has 1 unspecified atom stereocenters. The molecule has 2 heteroatoms. The zero-order valence-corrected chi connectivity index (χ0v) is 12.2. The Morgan fingerprint density at radius 3 is 2.53 bits per heavy atom. The van der Waals surface area contributed by atoms with E-state index >= 15 is 0 Å². The molecule has 1 aliphatic rings. The second-order valence-electron chi connectivity index (χ2n) is 5.57. The van der Waals surface area contributed by atoms with Gasteiger partial charge in [0.05, 0.1) is 0 Å². The monoisotopic (exact) mass is 271 g/mol. The van der Waals surface area contributed by atoms with Gasteiger partial charge in [-0.3, -0.25) is 0 Å². The Morgan fingerprint density at radius 1 is 1.16 bits per heavy atom. The van der Waals surface area contributed by atoms with E-state index in [9.17, 15) is 0 Å². The summed E-state index contributed by atoms with van der Waals surface area (Å²) in [5.74, 6) is 0.595. The fraction of sp³-hybridized carbons (Fsp3) is 0.412. The predicted octanol–water partition coefficient (Wildman–Crippen LogP) is 4.66. The Morgan fingerprint density at radius 2 is 1.95 bits per heavy atom. The highest BCUT2D eigenvalue weighted by Crippen LogP contribution is 2.25. The lowest BCUT2D eigenvalue weighted by Gasteiger charge is -2.28. The molecule has 0 aliphatic heterocycles. The average Bonchev–Trinajstić information content (AvgIpc) is 2.91. The fourth-order valence-electron chi connectivity index (χ4n) is 2.51. The summed E-state index contributed by atoms with van der Waals surface area (Å²) in [5.41, 5.74) is 4.09. The first-order chi connectivity index (χ1) is 9.33. The first kappa shape index (κ1) is 12.9. The molecule has 1 aromatic carbocycles. The van der Waals surface area contributed by atoms with Crippen LogP contribution in [0.25, 0.3) is 11.1 Å². The van der Waals surface area contributed by atoms with E-state index < -0.39 is 0 Å². The lowest BCUT2D eigenvalue weighted by molar-refractivity contribution is 0.334. The van der Waals surface area contributed by atoms with Crippen LogP contribution in [-0.4, -0.2) is 12.6 Å². The molecule has 1 saturated carbocycles. The minimum Gasteiger partial charge on any atom is -0.313 e. The molecule has 1 N–H and O–H groups in total. The van der Waals surface area contributed by atoms with Crippen molar-refractivity contribution in [2.45, 2.75) is 38.1 Å². The van der Waals surface area contributed by atoms with Crippen LogP contribution in [0, 0.1) is 0 Å². The van der Waals surface area contributed by atoms with Gasteiger partial charge in [0.2, 0.25) is 0 Å². The zero-order chi connectivity index (χ0) is 13.1. The summed E-state index contributed by atoms with van der Waals surface area (Å²) in [6.07, 6.45) is 4.13. The van der Waals surface area contributed by atoms with E-state index in [1.54, 1.807) is 11.3 Å². The zero-order valence-electron chi connectivity index (χ0n) is 11.4. The largest absolute Gasteiger partial charge is 0.313 e. The van der Waals surface area contributed by atoms with Gasteiger partial charge in [0, 0.05) is 12.6 Å². The van der Waals surface area contributed by atoms with Crippen molar-refractivity contribution in [3.05, 3.63) is 46.7 Å². The highest BCUT2D eigenvalue weighted by atomic mass is 32.1. The first-order valence-corrected chi connectivity index (χ1v) is 8.13. The van der Waals surface area contributed by atoms with Crippen molar-refractivity contribution in [1.82, 2.24) is 5.32 Å². The summed E-state index contributed by atoms with van der Waals surface area (Å²) >= 11 is 1.76. The number of thiophene rings is 1. The third-order valence-corrected chi connectivity index (χ3v) is 4.84. The fourth-order valence-corrected chi connectivity index (χ4v) is 3.17. The molecule has 1 aliphatic carbocycles. The lowest BCUT2D eigenvalue weighted by atomic mass is 9.92. The molecular weight excluding hydrogens is 250 g/mol. The van der Waals surface area contributed by atoms with E-state index in [0.717, 1.165) is 12.6 Å². The van der Waals surface area contributed by atoms with Gasteiger partial charge in [0.1, 0.15) is 0 Å². The topological polar surface area (TPSA) is 12.0 Å². The van der Waals surface area contributed by atoms with Crippen LogP contribution in [-0.2, 0) is 0 Å². The number of nitrogens with one attached hydrogen (secondary N) is 1. The van der Waals surface area contributed by atoms with Gasteiger partial charge < -0.3 is 5.32 Å². The van der Waals surface area contributed by atoms with E-state index in [1.807, 2.05) is 0 Å². The third-order valence-electron chi connectivity index (χ3n) is 4.15. The first-order valence-electron chi connectivity index (χ1n) is 7.19. The van der Waals surface area contributed by atoms with Crippen LogP contribution in [0.3, 0.4) is 0 Å². The van der Waals surface area contributed by atoms with E-state index in [1.165, 1.54) is 36.0 Å². The Bertz CT molecular complexity index is 497. The van der Waals surface area contributed by atoms with E-state index in [4.69, 9.17) is 0 Å². The highest BCUT2D eigenvalue weighted by Gasteiger charge is 2.17. The van der Waals surface area contributed by atoms with Gasteiger partial charge in [-0.05, 0) is 52.3 Å². The maximum Gasteiger partial charge on any atom is 0.00673 e. The molecule has 0 bridgehead atoms. The smallest absolute Gasteiger partial charge is 0.00673 e. The molecule has 19 heavy (non-hydrogen) atoms. The minimum absolute atomic E-state index is 0.595. The number of benzene rings is 1. The van der Waals surface area contributed by atoms with Crippen LogP contribution in [0.15, 0.2) is 41.1 Å². The summed E-state index contributed by atoms with van der Waals surface area (Å²) in [5, 5.41) is 8.00. The van der Waals surface area contributed by atoms with Crippen LogP contribution < -0.4 is 5.32 Å². The maximum atomic E-state index is 3.66. The molecule has 1 nitrogen and oxygen atoms in total. The molecule has 3 rings (SSSR count). The molecule has 0 spiro atoms. The van der Waals surface area contributed by atoms with Crippen LogP contribution >= 0.6 is 11.3 Å². The van der Waals surface area contributed by atoms with Crippen LogP contribution in [0.4, 0.5) is 0 Å². The van der Waals surface area contributed by atoms with Crippen molar-refractivity contribution in [1.29, 1.82) is 0 Å². The molecule has 1 atom stereocenters. The van der Waals surface area contributed by atoms with Gasteiger partial charge in [0.15, 0.2) is 0 Å². The van der Waals surface area contributed by atoms with E-state index in [-0.39, 0.29) is 0 Å². The summed E-state index contributed by atoms with van der Waals surface area (Å²) in [7, 11) is 0. The van der Waals surface area contributed by atoms with Crippen molar-refractivity contribution in [2.24, 2.45) is 0 Å². The maximum absolute atomic E-state index is 3.66. The van der Waals surface area contributed by atoms with E-state index in [2.05, 4.69) is 53.3 Å².